The summed E-state index contributed by atoms with van der Waals surface area (Å²) in [7, 11) is 0. The van der Waals surface area contributed by atoms with Gasteiger partial charge in [0.05, 0.1) is 5.39 Å². The number of halogens is 1. The molecule has 1 aromatic heterocycles. The van der Waals surface area contributed by atoms with Crippen LogP contribution in [-0.2, 0) is 11.4 Å². The van der Waals surface area contributed by atoms with Gasteiger partial charge in [-0.2, -0.15) is 0 Å². The van der Waals surface area contributed by atoms with Crippen LogP contribution in [0.25, 0.3) is 11.0 Å². The third kappa shape index (κ3) is 3.11. The molecule has 1 heterocycles. The van der Waals surface area contributed by atoms with Crippen LogP contribution < -0.4 is 4.72 Å². The molecule has 3 nitrogen and oxygen atoms in total. The van der Waals surface area contributed by atoms with Gasteiger partial charge in [0.1, 0.15) is 27.9 Å². The number of nitrogens with one attached hydrogen (secondary N) is 1. The molecule has 104 valence electrons. The van der Waals surface area contributed by atoms with E-state index in [2.05, 4.69) is 4.72 Å². The smallest absolute Gasteiger partial charge is 0.137 e. The summed E-state index contributed by atoms with van der Waals surface area (Å²) in [5.74, 6) is 0.273. The molecule has 0 aliphatic rings. The van der Waals surface area contributed by atoms with Crippen molar-refractivity contribution in [2.24, 2.45) is 0 Å². The fraction of sp³-hybridized carbons (Fsp3) is 0.429. The van der Waals surface area contributed by atoms with E-state index in [0.717, 1.165) is 0 Å². The fourth-order valence-corrected chi connectivity index (χ4v) is 2.44. The van der Waals surface area contributed by atoms with Gasteiger partial charge in [0, 0.05) is 11.4 Å². The summed E-state index contributed by atoms with van der Waals surface area (Å²) >= 11 is -1.20. The summed E-state index contributed by atoms with van der Waals surface area (Å²) in [6.45, 7) is 7.52. The lowest BCUT2D eigenvalue weighted by atomic mass is 10.2. The number of fused-ring (bicyclic) bond motifs is 1. The first-order chi connectivity index (χ1) is 8.79. The third-order valence-electron chi connectivity index (χ3n) is 2.79. The Kier molecular flexibility index (Phi) is 3.90. The van der Waals surface area contributed by atoms with E-state index >= 15 is 0 Å². The van der Waals surface area contributed by atoms with Crippen LogP contribution in [0, 0.1) is 5.82 Å². The highest BCUT2D eigenvalue weighted by molar-refractivity contribution is 7.90. The summed E-state index contributed by atoms with van der Waals surface area (Å²) in [5.41, 5.74) is 0.505. The quantitative estimate of drug-likeness (QED) is 0.874. The third-order valence-corrected chi connectivity index (χ3v) is 4.47. The first-order valence-electron chi connectivity index (χ1n) is 6.15. The zero-order valence-corrected chi connectivity index (χ0v) is 12.3. The van der Waals surface area contributed by atoms with Gasteiger partial charge in [0.25, 0.3) is 0 Å². The van der Waals surface area contributed by atoms with Gasteiger partial charge in [-0.1, -0.05) is 6.07 Å². The monoisotopic (exact) mass is 283 g/mol. The number of hydrogen-bond donors (Lipinski definition) is 1. The number of furan rings is 1. The highest BCUT2D eigenvalue weighted by atomic mass is 32.2. The molecule has 0 fully saturated rings. The van der Waals surface area contributed by atoms with Gasteiger partial charge in [-0.3, -0.25) is 0 Å². The lowest BCUT2D eigenvalue weighted by molar-refractivity contribution is 0.475. The minimum atomic E-state index is -1.20. The van der Waals surface area contributed by atoms with E-state index in [4.69, 9.17) is 4.42 Å². The summed E-state index contributed by atoms with van der Waals surface area (Å²) < 4.78 is 33.8. The standard InChI is InChI=1S/C14H18FNO2S/c1-9(16-19(17)14(2,3)4)13-8-10-11(15)6-5-7-12(10)18-13/h5-9,16H,1-4H3/t9-,19?/m1/s1. The van der Waals surface area contributed by atoms with Gasteiger partial charge in [-0.05, 0) is 45.9 Å². The van der Waals surface area contributed by atoms with Crippen molar-refractivity contribution in [2.75, 3.05) is 0 Å². The van der Waals surface area contributed by atoms with Crippen molar-refractivity contribution < 1.29 is 13.4 Å². The van der Waals surface area contributed by atoms with Crippen molar-refractivity contribution in [3.05, 3.63) is 35.8 Å². The molecular weight excluding hydrogens is 265 g/mol. The fourth-order valence-electron chi connectivity index (χ4n) is 1.65. The number of hydrogen-bond acceptors (Lipinski definition) is 3. The van der Waals surface area contributed by atoms with Crippen molar-refractivity contribution in [3.8, 4) is 0 Å². The second-order valence-electron chi connectivity index (χ2n) is 5.52. The second kappa shape index (κ2) is 5.15. The largest absolute Gasteiger partial charge is 0.598 e. The molecule has 1 aromatic carbocycles. The van der Waals surface area contributed by atoms with Crippen LogP contribution in [0.15, 0.2) is 28.7 Å². The van der Waals surface area contributed by atoms with Gasteiger partial charge in [-0.15, -0.1) is 4.72 Å². The molecule has 0 radical (unpaired) electrons. The number of rotatable bonds is 3. The molecule has 5 heteroatoms. The first kappa shape index (κ1) is 14.4. The highest BCUT2D eigenvalue weighted by Gasteiger charge is 2.29. The molecule has 0 amide bonds. The molecular formula is C14H18FNO2S. The van der Waals surface area contributed by atoms with Crippen LogP contribution in [0.1, 0.15) is 39.5 Å². The van der Waals surface area contributed by atoms with Crippen LogP contribution in [0.4, 0.5) is 4.39 Å². The van der Waals surface area contributed by atoms with Gasteiger partial charge < -0.3 is 8.97 Å². The maximum atomic E-state index is 13.6. The zero-order valence-electron chi connectivity index (χ0n) is 11.5. The van der Waals surface area contributed by atoms with E-state index in [0.29, 0.717) is 16.7 Å². The van der Waals surface area contributed by atoms with Crippen molar-refractivity contribution in [2.45, 2.75) is 38.5 Å². The molecule has 0 spiro atoms. The number of benzene rings is 1. The Morgan fingerprint density at radius 1 is 1.37 bits per heavy atom. The van der Waals surface area contributed by atoms with Crippen LogP contribution in [0.5, 0.6) is 0 Å². The Balaban J connectivity index is 2.22. The van der Waals surface area contributed by atoms with Crippen LogP contribution >= 0.6 is 0 Å². The van der Waals surface area contributed by atoms with Gasteiger partial charge in [0.15, 0.2) is 0 Å². The van der Waals surface area contributed by atoms with E-state index in [1.807, 2.05) is 27.7 Å². The SMILES string of the molecule is C[C@@H](N[S+]([O-])C(C)(C)C)c1cc2c(F)cccc2o1. The van der Waals surface area contributed by atoms with Crippen molar-refractivity contribution in [1.29, 1.82) is 0 Å². The minimum absolute atomic E-state index is 0.244. The molecule has 2 rings (SSSR count). The Morgan fingerprint density at radius 3 is 2.63 bits per heavy atom. The predicted molar refractivity (Wildman–Crippen MR) is 75.6 cm³/mol. The van der Waals surface area contributed by atoms with E-state index in [1.54, 1.807) is 18.2 Å². The molecule has 1 N–H and O–H groups in total. The topological polar surface area (TPSA) is 48.2 Å². The maximum Gasteiger partial charge on any atom is 0.137 e. The second-order valence-corrected chi connectivity index (χ2v) is 7.52. The van der Waals surface area contributed by atoms with Gasteiger partial charge in [0.2, 0.25) is 0 Å². The summed E-state index contributed by atoms with van der Waals surface area (Å²) in [5, 5.41) is 0.452. The van der Waals surface area contributed by atoms with Crippen LogP contribution in [-0.4, -0.2) is 9.30 Å². The van der Waals surface area contributed by atoms with E-state index in [9.17, 15) is 8.94 Å². The van der Waals surface area contributed by atoms with Crippen molar-refractivity contribution in [3.63, 3.8) is 0 Å². The molecule has 0 aliphatic carbocycles. The molecule has 19 heavy (non-hydrogen) atoms. The summed E-state index contributed by atoms with van der Waals surface area (Å²) in [6.07, 6.45) is 0. The Hall–Kier alpha value is -1.04. The van der Waals surface area contributed by atoms with Crippen LogP contribution in [0.2, 0.25) is 0 Å². The van der Waals surface area contributed by atoms with Crippen LogP contribution in [0.3, 0.4) is 0 Å². The Bertz CT molecular complexity index is 576. The normalized spacial score (nSPS) is 15.7. The van der Waals surface area contributed by atoms with Gasteiger partial charge >= 0.3 is 0 Å². The van der Waals surface area contributed by atoms with E-state index < -0.39 is 11.4 Å². The van der Waals surface area contributed by atoms with Crippen molar-refractivity contribution >= 4 is 22.3 Å². The highest BCUT2D eigenvalue weighted by Crippen LogP contribution is 2.27. The Labute approximate surface area is 115 Å². The zero-order chi connectivity index (χ0) is 14.2. The van der Waals surface area contributed by atoms with Crippen molar-refractivity contribution in [1.82, 2.24) is 4.72 Å². The summed E-state index contributed by atoms with van der Waals surface area (Å²) in [6, 6.07) is 6.13. The minimum Gasteiger partial charge on any atom is -0.598 e. The van der Waals surface area contributed by atoms with Gasteiger partial charge in [-0.25, -0.2) is 4.39 Å². The Morgan fingerprint density at radius 2 is 2.05 bits per heavy atom. The van der Waals surface area contributed by atoms with E-state index in [1.165, 1.54) is 6.07 Å². The van der Waals surface area contributed by atoms with E-state index in [-0.39, 0.29) is 16.6 Å². The molecule has 0 aliphatic heterocycles. The summed E-state index contributed by atoms with van der Waals surface area (Å²) in [4.78, 5) is 0. The lowest BCUT2D eigenvalue weighted by Gasteiger charge is -2.25. The predicted octanol–water partition coefficient (Wildman–Crippen LogP) is 3.68. The maximum absolute atomic E-state index is 13.6. The molecule has 0 saturated carbocycles. The molecule has 0 saturated heterocycles. The molecule has 0 bridgehead atoms. The molecule has 2 atom stereocenters. The lowest BCUT2D eigenvalue weighted by Crippen LogP contribution is -2.40. The average Bonchev–Trinajstić information content (AvgIpc) is 2.73. The average molecular weight is 283 g/mol. The molecule has 2 aromatic rings. The molecule has 1 unspecified atom stereocenters. The first-order valence-corrected chi connectivity index (χ1v) is 7.30.